The molecular weight excluding hydrogens is 274 g/mol. The molecule has 118 valence electrons. The van der Waals surface area contributed by atoms with Gasteiger partial charge < -0.3 is 14.7 Å². The summed E-state index contributed by atoms with van der Waals surface area (Å²) in [6.07, 6.45) is 0.504. The molecule has 1 atom stereocenters. The number of rotatable bonds is 8. The number of aliphatic hydroxyl groups excluding tert-OH is 1. The zero-order valence-electron chi connectivity index (χ0n) is 13.4. The van der Waals surface area contributed by atoms with Gasteiger partial charge in [-0.1, -0.05) is 42.5 Å². The van der Waals surface area contributed by atoms with E-state index in [1.165, 1.54) is 5.56 Å². The molecule has 0 aliphatic rings. The first kappa shape index (κ1) is 16.5. The van der Waals surface area contributed by atoms with Crippen molar-refractivity contribution in [3.05, 3.63) is 65.7 Å². The molecule has 3 heteroatoms. The Balaban J connectivity index is 1.68. The van der Waals surface area contributed by atoms with E-state index in [0.29, 0.717) is 13.2 Å². The normalized spacial score (nSPS) is 12.4. The molecule has 0 bridgehead atoms. The van der Waals surface area contributed by atoms with E-state index in [9.17, 15) is 5.11 Å². The summed E-state index contributed by atoms with van der Waals surface area (Å²) in [6, 6.07) is 18.3. The van der Waals surface area contributed by atoms with Gasteiger partial charge in [0, 0.05) is 13.1 Å². The van der Waals surface area contributed by atoms with Crippen LogP contribution in [0, 0.1) is 6.92 Å². The van der Waals surface area contributed by atoms with Gasteiger partial charge >= 0.3 is 0 Å². The minimum Gasteiger partial charge on any atom is -0.491 e. The van der Waals surface area contributed by atoms with Crippen molar-refractivity contribution in [2.75, 3.05) is 26.7 Å². The maximum atomic E-state index is 10.1. The molecule has 2 aromatic carbocycles. The summed E-state index contributed by atoms with van der Waals surface area (Å²) in [5.41, 5.74) is 2.48. The Morgan fingerprint density at radius 3 is 2.59 bits per heavy atom. The van der Waals surface area contributed by atoms with Crippen molar-refractivity contribution >= 4 is 0 Å². The van der Waals surface area contributed by atoms with Crippen molar-refractivity contribution in [2.45, 2.75) is 19.4 Å². The fourth-order valence-corrected chi connectivity index (χ4v) is 2.37. The first-order valence-electron chi connectivity index (χ1n) is 7.73. The average Bonchev–Trinajstić information content (AvgIpc) is 2.52. The lowest BCUT2D eigenvalue weighted by molar-refractivity contribution is 0.0767. The van der Waals surface area contributed by atoms with E-state index in [0.717, 1.165) is 24.3 Å². The van der Waals surface area contributed by atoms with E-state index in [2.05, 4.69) is 29.2 Å². The van der Waals surface area contributed by atoms with Crippen LogP contribution in [0.25, 0.3) is 0 Å². The second-order valence-corrected chi connectivity index (χ2v) is 5.78. The standard InChI is InChI=1S/C19H25NO2/c1-16-7-6-10-19(13-16)22-15-18(21)14-20(2)12-11-17-8-4-3-5-9-17/h3-10,13,18,21H,11-12,14-15H2,1-2H3/t18-/m0/s1. The first-order valence-corrected chi connectivity index (χ1v) is 7.73. The first-order chi connectivity index (χ1) is 10.6. The minimum absolute atomic E-state index is 0.319. The highest BCUT2D eigenvalue weighted by Crippen LogP contribution is 2.12. The van der Waals surface area contributed by atoms with E-state index in [4.69, 9.17) is 4.74 Å². The number of hydrogen-bond acceptors (Lipinski definition) is 3. The molecule has 2 rings (SSSR count). The van der Waals surface area contributed by atoms with Crippen LogP contribution in [0.1, 0.15) is 11.1 Å². The smallest absolute Gasteiger partial charge is 0.119 e. The Morgan fingerprint density at radius 2 is 1.86 bits per heavy atom. The van der Waals surface area contributed by atoms with Gasteiger partial charge in [-0.05, 0) is 43.7 Å². The molecule has 0 fully saturated rings. The summed E-state index contributed by atoms with van der Waals surface area (Å²) in [5, 5.41) is 10.1. The maximum Gasteiger partial charge on any atom is 0.119 e. The van der Waals surface area contributed by atoms with Gasteiger partial charge in [0.1, 0.15) is 18.5 Å². The number of nitrogens with zero attached hydrogens (tertiary/aromatic N) is 1. The quantitative estimate of drug-likeness (QED) is 0.813. The third-order valence-corrected chi connectivity index (χ3v) is 3.58. The molecule has 0 amide bonds. The molecule has 3 nitrogen and oxygen atoms in total. The number of ether oxygens (including phenoxy) is 1. The van der Waals surface area contributed by atoms with Gasteiger partial charge in [0.2, 0.25) is 0 Å². The molecule has 0 saturated heterocycles. The Kier molecular flexibility index (Phi) is 6.44. The van der Waals surface area contributed by atoms with Crippen molar-refractivity contribution in [3.63, 3.8) is 0 Å². The van der Waals surface area contributed by atoms with Gasteiger partial charge in [0.25, 0.3) is 0 Å². The van der Waals surface area contributed by atoms with Crippen molar-refractivity contribution in [1.82, 2.24) is 4.90 Å². The summed E-state index contributed by atoms with van der Waals surface area (Å²) < 4.78 is 5.64. The molecule has 0 heterocycles. The predicted molar refractivity (Wildman–Crippen MR) is 90.3 cm³/mol. The molecule has 0 radical (unpaired) electrons. The molecule has 0 aromatic heterocycles. The van der Waals surface area contributed by atoms with Crippen LogP contribution in [-0.2, 0) is 6.42 Å². The maximum absolute atomic E-state index is 10.1. The molecule has 0 aliphatic heterocycles. The van der Waals surface area contributed by atoms with Gasteiger partial charge in [-0.2, -0.15) is 0 Å². The van der Waals surface area contributed by atoms with Crippen LogP contribution in [0.4, 0.5) is 0 Å². The van der Waals surface area contributed by atoms with Crippen molar-refractivity contribution < 1.29 is 9.84 Å². The van der Waals surface area contributed by atoms with Gasteiger partial charge in [-0.25, -0.2) is 0 Å². The summed E-state index contributed by atoms with van der Waals surface area (Å²) in [7, 11) is 2.03. The van der Waals surface area contributed by atoms with Crippen molar-refractivity contribution in [3.8, 4) is 5.75 Å². The minimum atomic E-state index is -0.485. The second-order valence-electron chi connectivity index (χ2n) is 5.78. The van der Waals surface area contributed by atoms with Gasteiger partial charge in [-0.15, -0.1) is 0 Å². The Labute approximate surface area is 133 Å². The third kappa shape index (κ3) is 5.88. The van der Waals surface area contributed by atoms with Crippen LogP contribution >= 0.6 is 0 Å². The number of hydrogen-bond donors (Lipinski definition) is 1. The molecule has 0 aliphatic carbocycles. The van der Waals surface area contributed by atoms with Crippen LogP contribution in [0.15, 0.2) is 54.6 Å². The summed E-state index contributed by atoms with van der Waals surface area (Å²) in [6.45, 7) is 3.88. The number of aryl methyl sites for hydroxylation is 1. The van der Waals surface area contributed by atoms with Crippen LogP contribution in [0.5, 0.6) is 5.75 Å². The highest BCUT2D eigenvalue weighted by Gasteiger charge is 2.09. The van der Waals surface area contributed by atoms with Gasteiger partial charge in [-0.3, -0.25) is 0 Å². The highest BCUT2D eigenvalue weighted by atomic mass is 16.5. The van der Waals surface area contributed by atoms with Crippen molar-refractivity contribution in [2.24, 2.45) is 0 Å². The lowest BCUT2D eigenvalue weighted by Gasteiger charge is -2.21. The van der Waals surface area contributed by atoms with E-state index in [1.54, 1.807) is 0 Å². The average molecular weight is 299 g/mol. The molecule has 0 saturated carbocycles. The summed E-state index contributed by atoms with van der Waals surface area (Å²) in [5.74, 6) is 0.811. The lowest BCUT2D eigenvalue weighted by Crippen LogP contribution is -2.34. The third-order valence-electron chi connectivity index (χ3n) is 3.58. The number of aliphatic hydroxyl groups is 1. The zero-order chi connectivity index (χ0) is 15.8. The van der Waals surface area contributed by atoms with Gasteiger partial charge in [0.15, 0.2) is 0 Å². The van der Waals surface area contributed by atoms with E-state index in [1.807, 2.05) is 44.3 Å². The molecular formula is C19H25NO2. The molecule has 22 heavy (non-hydrogen) atoms. The molecule has 0 spiro atoms. The van der Waals surface area contributed by atoms with Gasteiger partial charge in [0.05, 0.1) is 0 Å². The van der Waals surface area contributed by atoms with Crippen LogP contribution in [0.3, 0.4) is 0 Å². The number of likely N-dealkylation sites (N-methyl/N-ethyl adjacent to an activating group) is 1. The van der Waals surface area contributed by atoms with Crippen molar-refractivity contribution in [1.29, 1.82) is 0 Å². The zero-order valence-corrected chi connectivity index (χ0v) is 13.4. The Hall–Kier alpha value is -1.84. The van der Waals surface area contributed by atoms with E-state index in [-0.39, 0.29) is 0 Å². The summed E-state index contributed by atoms with van der Waals surface area (Å²) >= 11 is 0. The van der Waals surface area contributed by atoms with Crippen LogP contribution in [0.2, 0.25) is 0 Å². The van der Waals surface area contributed by atoms with Crippen LogP contribution in [-0.4, -0.2) is 42.9 Å². The lowest BCUT2D eigenvalue weighted by atomic mass is 10.1. The fraction of sp³-hybridized carbons (Fsp3) is 0.368. The molecule has 2 aromatic rings. The molecule has 1 N–H and O–H groups in total. The number of benzene rings is 2. The Bertz CT molecular complexity index is 556. The highest BCUT2D eigenvalue weighted by molar-refractivity contribution is 5.27. The SMILES string of the molecule is Cc1cccc(OC[C@@H](O)CN(C)CCc2ccccc2)c1. The van der Waals surface area contributed by atoms with Crippen LogP contribution < -0.4 is 4.74 Å². The Morgan fingerprint density at radius 1 is 1.09 bits per heavy atom. The largest absolute Gasteiger partial charge is 0.491 e. The monoisotopic (exact) mass is 299 g/mol. The fourth-order valence-electron chi connectivity index (χ4n) is 2.37. The molecule has 0 unspecified atom stereocenters. The topological polar surface area (TPSA) is 32.7 Å². The summed E-state index contributed by atoms with van der Waals surface area (Å²) in [4.78, 5) is 2.14. The van der Waals surface area contributed by atoms with E-state index >= 15 is 0 Å². The van der Waals surface area contributed by atoms with E-state index < -0.39 is 6.10 Å². The second kappa shape index (κ2) is 8.57. The predicted octanol–water partition coefficient (Wildman–Crippen LogP) is 2.91.